The number of methoxy groups -OCH3 is 1. The Morgan fingerprint density at radius 3 is 2.31 bits per heavy atom. The first-order valence-corrected chi connectivity index (χ1v) is 9.77. The Labute approximate surface area is 171 Å². The van der Waals surface area contributed by atoms with Crippen LogP contribution in [0.1, 0.15) is 22.4 Å². The van der Waals surface area contributed by atoms with Crippen LogP contribution in [0.4, 0.5) is 0 Å². The summed E-state index contributed by atoms with van der Waals surface area (Å²) in [6, 6.07) is 27.0. The number of nitrogens with zero attached hydrogens (tertiary/aromatic N) is 2. The molecule has 4 nitrogen and oxygen atoms in total. The Morgan fingerprint density at radius 2 is 1.62 bits per heavy atom. The third-order valence-electron chi connectivity index (χ3n) is 5.17. The summed E-state index contributed by atoms with van der Waals surface area (Å²) in [7, 11) is 1.70. The van der Waals surface area contributed by atoms with Gasteiger partial charge in [-0.1, -0.05) is 60.7 Å². The first-order chi connectivity index (χ1) is 14.3. The minimum Gasteiger partial charge on any atom is -0.497 e. The molecule has 0 saturated heterocycles. The lowest BCUT2D eigenvalue weighted by atomic mass is 10.1. The molecule has 29 heavy (non-hydrogen) atoms. The Kier molecular flexibility index (Phi) is 5.61. The van der Waals surface area contributed by atoms with Crippen LogP contribution in [0.25, 0.3) is 10.9 Å². The third kappa shape index (κ3) is 4.16. The molecule has 3 aromatic carbocycles. The predicted molar refractivity (Wildman–Crippen MR) is 120 cm³/mol. The van der Waals surface area contributed by atoms with E-state index in [1.807, 2.05) is 36.5 Å². The van der Waals surface area contributed by atoms with Gasteiger partial charge in [0.05, 0.1) is 19.9 Å². The van der Waals surface area contributed by atoms with Gasteiger partial charge in [-0.15, -0.1) is 0 Å². The van der Waals surface area contributed by atoms with Crippen molar-refractivity contribution in [1.82, 2.24) is 9.99 Å². The quantitative estimate of drug-likeness (QED) is 0.355. The van der Waals surface area contributed by atoms with Gasteiger partial charge in [0.15, 0.2) is 0 Å². The SMILES string of the molecule is COc1ccc2c(c1)c(C=NNCc1ccccc1)c(C)n2Cc1ccccc1. The van der Waals surface area contributed by atoms with Crippen LogP contribution >= 0.6 is 0 Å². The van der Waals surface area contributed by atoms with Crippen LogP contribution in [0.2, 0.25) is 0 Å². The highest BCUT2D eigenvalue weighted by molar-refractivity contribution is 6.01. The first-order valence-electron chi connectivity index (χ1n) is 9.77. The molecular formula is C25H25N3O. The number of aromatic nitrogens is 1. The van der Waals surface area contributed by atoms with Crippen molar-refractivity contribution < 1.29 is 4.74 Å². The summed E-state index contributed by atoms with van der Waals surface area (Å²) in [6.45, 7) is 3.66. The fourth-order valence-corrected chi connectivity index (χ4v) is 3.59. The van der Waals surface area contributed by atoms with Gasteiger partial charge in [-0.05, 0) is 36.2 Å². The smallest absolute Gasteiger partial charge is 0.119 e. The maximum atomic E-state index is 5.46. The predicted octanol–water partition coefficient (Wildman–Crippen LogP) is 5.13. The summed E-state index contributed by atoms with van der Waals surface area (Å²) in [5.74, 6) is 0.848. The van der Waals surface area contributed by atoms with Crippen LogP contribution in [0.3, 0.4) is 0 Å². The fourth-order valence-electron chi connectivity index (χ4n) is 3.59. The number of rotatable bonds is 7. The zero-order valence-corrected chi connectivity index (χ0v) is 16.8. The van der Waals surface area contributed by atoms with E-state index in [-0.39, 0.29) is 0 Å². The van der Waals surface area contributed by atoms with E-state index >= 15 is 0 Å². The van der Waals surface area contributed by atoms with E-state index in [0.717, 1.165) is 23.2 Å². The summed E-state index contributed by atoms with van der Waals surface area (Å²) in [5, 5.41) is 5.64. The second-order valence-corrected chi connectivity index (χ2v) is 7.03. The molecule has 0 radical (unpaired) electrons. The zero-order chi connectivity index (χ0) is 20.1. The third-order valence-corrected chi connectivity index (χ3v) is 5.17. The van der Waals surface area contributed by atoms with Crippen molar-refractivity contribution >= 4 is 17.1 Å². The normalized spacial score (nSPS) is 11.2. The minimum absolute atomic E-state index is 0.697. The monoisotopic (exact) mass is 383 g/mol. The maximum Gasteiger partial charge on any atom is 0.119 e. The lowest BCUT2D eigenvalue weighted by Gasteiger charge is -2.09. The van der Waals surface area contributed by atoms with Crippen molar-refractivity contribution in [2.45, 2.75) is 20.0 Å². The molecule has 146 valence electrons. The molecule has 0 saturated carbocycles. The highest BCUT2D eigenvalue weighted by atomic mass is 16.5. The Balaban J connectivity index is 1.66. The summed E-state index contributed by atoms with van der Waals surface area (Å²) >= 11 is 0. The highest BCUT2D eigenvalue weighted by Gasteiger charge is 2.14. The van der Waals surface area contributed by atoms with Gasteiger partial charge in [-0.2, -0.15) is 5.10 Å². The molecule has 0 amide bonds. The average Bonchev–Trinajstić information content (AvgIpc) is 3.03. The van der Waals surface area contributed by atoms with Gasteiger partial charge in [0, 0.05) is 28.7 Å². The number of nitrogens with one attached hydrogen (secondary N) is 1. The van der Waals surface area contributed by atoms with Crippen LogP contribution < -0.4 is 10.2 Å². The lowest BCUT2D eigenvalue weighted by Crippen LogP contribution is -2.06. The van der Waals surface area contributed by atoms with Gasteiger partial charge in [0.2, 0.25) is 0 Å². The molecular weight excluding hydrogens is 358 g/mol. The second-order valence-electron chi connectivity index (χ2n) is 7.03. The molecule has 1 N–H and O–H groups in total. The lowest BCUT2D eigenvalue weighted by molar-refractivity contribution is 0.415. The molecule has 0 unspecified atom stereocenters. The summed E-state index contributed by atoms with van der Waals surface area (Å²) < 4.78 is 7.79. The van der Waals surface area contributed by atoms with Gasteiger partial charge < -0.3 is 14.7 Å². The number of ether oxygens (including phenoxy) is 1. The molecule has 0 bridgehead atoms. The number of hydrogen-bond donors (Lipinski definition) is 1. The van der Waals surface area contributed by atoms with Crippen molar-refractivity contribution in [3.8, 4) is 5.75 Å². The van der Waals surface area contributed by atoms with E-state index in [1.165, 1.54) is 22.3 Å². The number of benzene rings is 3. The van der Waals surface area contributed by atoms with Crippen LogP contribution in [-0.4, -0.2) is 17.9 Å². The Morgan fingerprint density at radius 1 is 0.931 bits per heavy atom. The van der Waals surface area contributed by atoms with E-state index in [9.17, 15) is 0 Å². The van der Waals surface area contributed by atoms with Crippen LogP contribution in [0, 0.1) is 6.92 Å². The summed E-state index contributed by atoms with van der Waals surface area (Å²) in [4.78, 5) is 0. The molecule has 0 aliphatic carbocycles. The topological polar surface area (TPSA) is 38.5 Å². The molecule has 0 fully saturated rings. The van der Waals surface area contributed by atoms with Crippen molar-refractivity contribution in [3.05, 3.63) is 101 Å². The molecule has 0 aliphatic heterocycles. The van der Waals surface area contributed by atoms with E-state index in [4.69, 9.17) is 4.74 Å². The van der Waals surface area contributed by atoms with Gasteiger partial charge in [0.25, 0.3) is 0 Å². The van der Waals surface area contributed by atoms with E-state index < -0.39 is 0 Å². The van der Waals surface area contributed by atoms with Gasteiger partial charge in [-0.25, -0.2) is 0 Å². The highest BCUT2D eigenvalue weighted by Crippen LogP contribution is 2.29. The zero-order valence-electron chi connectivity index (χ0n) is 16.8. The van der Waals surface area contributed by atoms with Crippen molar-refractivity contribution in [1.29, 1.82) is 0 Å². The minimum atomic E-state index is 0.697. The van der Waals surface area contributed by atoms with E-state index in [0.29, 0.717) is 6.54 Å². The van der Waals surface area contributed by atoms with Crippen molar-refractivity contribution in [2.24, 2.45) is 5.10 Å². The molecule has 4 rings (SSSR count). The molecule has 0 spiro atoms. The summed E-state index contributed by atoms with van der Waals surface area (Å²) in [6.07, 6.45) is 1.92. The number of fused-ring (bicyclic) bond motifs is 1. The van der Waals surface area contributed by atoms with E-state index in [1.54, 1.807) is 7.11 Å². The molecule has 0 aliphatic rings. The second kappa shape index (κ2) is 8.65. The van der Waals surface area contributed by atoms with Gasteiger partial charge in [-0.3, -0.25) is 0 Å². The maximum absolute atomic E-state index is 5.46. The van der Waals surface area contributed by atoms with Crippen molar-refractivity contribution in [2.75, 3.05) is 7.11 Å². The van der Waals surface area contributed by atoms with Crippen LogP contribution in [0.5, 0.6) is 5.75 Å². The molecule has 0 atom stereocenters. The van der Waals surface area contributed by atoms with Crippen molar-refractivity contribution in [3.63, 3.8) is 0 Å². The van der Waals surface area contributed by atoms with Gasteiger partial charge in [0.1, 0.15) is 5.75 Å². The summed E-state index contributed by atoms with van der Waals surface area (Å²) in [5.41, 5.74) is 9.10. The average molecular weight is 383 g/mol. The molecule has 4 heteroatoms. The molecule has 1 heterocycles. The van der Waals surface area contributed by atoms with Crippen LogP contribution in [-0.2, 0) is 13.1 Å². The Hall–Kier alpha value is -3.53. The van der Waals surface area contributed by atoms with Gasteiger partial charge >= 0.3 is 0 Å². The number of hydrazone groups is 1. The van der Waals surface area contributed by atoms with E-state index in [2.05, 4.69) is 70.5 Å². The largest absolute Gasteiger partial charge is 0.497 e. The Bertz CT molecular complexity index is 1120. The van der Waals surface area contributed by atoms with Crippen LogP contribution in [0.15, 0.2) is 84.0 Å². The fraction of sp³-hybridized carbons (Fsp3) is 0.160. The number of hydrogen-bond acceptors (Lipinski definition) is 3. The first kappa shape index (κ1) is 18.8. The standard InChI is InChI=1S/C25H25N3O/c1-19-24(17-27-26-16-20-9-5-3-6-10-20)23-15-22(29-2)13-14-25(23)28(19)18-21-11-7-4-8-12-21/h3-15,17,26H,16,18H2,1-2H3. The molecule has 4 aromatic rings. The molecule has 1 aromatic heterocycles.